The van der Waals surface area contributed by atoms with E-state index < -0.39 is 12.6 Å². The van der Waals surface area contributed by atoms with Crippen LogP contribution < -0.4 is 20.7 Å². The highest BCUT2D eigenvalue weighted by molar-refractivity contribution is 5.81. The highest BCUT2D eigenvalue weighted by Crippen LogP contribution is 2.35. The van der Waals surface area contributed by atoms with Gasteiger partial charge in [0.1, 0.15) is 5.69 Å². The summed E-state index contributed by atoms with van der Waals surface area (Å²) in [6.45, 7) is 0.620. The van der Waals surface area contributed by atoms with Crippen LogP contribution in [0.5, 0.6) is 5.88 Å². The molecule has 0 bridgehead atoms. The van der Waals surface area contributed by atoms with Crippen LogP contribution >= 0.6 is 0 Å². The number of aliphatic carboxylic acids is 1. The molecule has 0 aliphatic carbocycles. The lowest BCUT2D eigenvalue weighted by atomic mass is 10.2. The molecule has 0 fully saturated rings. The Labute approximate surface area is 153 Å². The predicted octanol–water partition coefficient (Wildman–Crippen LogP) is 0.697. The van der Waals surface area contributed by atoms with Gasteiger partial charge < -0.3 is 30.8 Å². The van der Waals surface area contributed by atoms with Crippen molar-refractivity contribution in [2.75, 3.05) is 29.2 Å². The zero-order valence-corrected chi connectivity index (χ0v) is 14.1. The fourth-order valence-corrected chi connectivity index (χ4v) is 2.68. The molecule has 0 spiro atoms. The number of carbonyl (C=O) groups is 1. The third-order valence-corrected chi connectivity index (χ3v) is 3.89. The predicted molar refractivity (Wildman–Crippen MR) is 96.1 cm³/mol. The Morgan fingerprint density at radius 1 is 1.33 bits per heavy atom. The molecule has 138 valence electrons. The quantitative estimate of drug-likeness (QED) is 0.488. The van der Waals surface area contributed by atoms with Crippen molar-refractivity contribution in [3.63, 3.8) is 0 Å². The molecule has 5 N–H and O–H groups in total. The fourth-order valence-electron chi connectivity index (χ4n) is 2.68. The molecule has 4 heterocycles. The number of nitrogen functional groups attached to an aromatic ring is 1. The van der Waals surface area contributed by atoms with Crippen molar-refractivity contribution >= 4 is 23.3 Å². The highest BCUT2D eigenvalue weighted by Gasteiger charge is 2.25. The molecule has 4 rings (SSSR count). The van der Waals surface area contributed by atoms with E-state index in [1.165, 1.54) is 0 Å². The Bertz CT molecular complexity index is 959. The summed E-state index contributed by atoms with van der Waals surface area (Å²) in [6.07, 6.45) is 4.95. The van der Waals surface area contributed by atoms with Crippen LogP contribution in [0.4, 0.5) is 17.3 Å². The molecule has 1 aliphatic heterocycles. The largest absolute Gasteiger partial charge is 0.479 e. The number of aromatic amines is 1. The number of imidazole rings is 1. The Morgan fingerprint density at radius 2 is 2.22 bits per heavy atom. The molecule has 0 unspecified atom stereocenters. The first-order valence-corrected chi connectivity index (χ1v) is 8.06. The van der Waals surface area contributed by atoms with Gasteiger partial charge >= 0.3 is 5.97 Å². The van der Waals surface area contributed by atoms with Gasteiger partial charge in [0.25, 0.3) is 0 Å². The molecule has 3 aromatic heterocycles. The second-order valence-corrected chi connectivity index (χ2v) is 5.79. The third-order valence-electron chi connectivity index (χ3n) is 3.89. The number of nitrogens with two attached hydrogens (primary N) is 1. The van der Waals surface area contributed by atoms with Gasteiger partial charge in [-0.05, 0) is 5.56 Å². The van der Waals surface area contributed by atoms with Crippen molar-refractivity contribution in [2.24, 2.45) is 0 Å². The van der Waals surface area contributed by atoms with Crippen LogP contribution in [-0.2, 0) is 11.3 Å². The van der Waals surface area contributed by atoms with Gasteiger partial charge in [-0.1, -0.05) is 6.07 Å². The Balaban J connectivity index is 1.53. The zero-order valence-electron chi connectivity index (χ0n) is 14.1. The van der Waals surface area contributed by atoms with Crippen molar-refractivity contribution in [3.8, 4) is 17.5 Å². The number of ether oxygens (including phenoxy) is 1. The van der Waals surface area contributed by atoms with Crippen LogP contribution in [0.3, 0.4) is 0 Å². The van der Waals surface area contributed by atoms with E-state index >= 15 is 0 Å². The van der Waals surface area contributed by atoms with E-state index in [9.17, 15) is 4.79 Å². The van der Waals surface area contributed by atoms with Gasteiger partial charge in [-0.3, -0.25) is 0 Å². The van der Waals surface area contributed by atoms with Crippen LogP contribution in [-0.4, -0.2) is 49.3 Å². The molecular formula is C16H16N8O3. The second-order valence-electron chi connectivity index (χ2n) is 5.79. The minimum absolute atomic E-state index is 0.257. The molecule has 0 aromatic carbocycles. The summed E-state index contributed by atoms with van der Waals surface area (Å²) in [6, 6.07) is 3.45. The van der Waals surface area contributed by atoms with Gasteiger partial charge in [-0.2, -0.15) is 0 Å². The van der Waals surface area contributed by atoms with E-state index in [1.807, 2.05) is 11.0 Å². The van der Waals surface area contributed by atoms with Crippen molar-refractivity contribution in [1.82, 2.24) is 24.9 Å². The average molecular weight is 368 g/mol. The third kappa shape index (κ3) is 3.42. The minimum Gasteiger partial charge on any atom is -0.479 e. The van der Waals surface area contributed by atoms with E-state index in [-0.39, 0.29) is 5.88 Å². The number of rotatable bonds is 6. The zero-order chi connectivity index (χ0) is 18.8. The molecule has 0 atom stereocenters. The number of hydrogen-bond donors (Lipinski definition) is 4. The maximum Gasteiger partial charge on any atom is 0.341 e. The minimum atomic E-state index is -1.05. The van der Waals surface area contributed by atoms with Crippen molar-refractivity contribution in [1.29, 1.82) is 0 Å². The molecule has 3 aromatic rings. The van der Waals surface area contributed by atoms with Gasteiger partial charge in [-0.25, -0.2) is 24.7 Å². The maximum atomic E-state index is 10.5. The van der Waals surface area contributed by atoms with E-state index in [2.05, 4.69) is 30.2 Å². The second kappa shape index (κ2) is 6.78. The summed E-state index contributed by atoms with van der Waals surface area (Å²) in [5, 5.41) is 11.8. The first-order chi connectivity index (χ1) is 13.1. The summed E-state index contributed by atoms with van der Waals surface area (Å²) in [7, 11) is 0. The van der Waals surface area contributed by atoms with Gasteiger partial charge in [0.15, 0.2) is 29.9 Å². The molecule has 0 amide bonds. The maximum absolute atomic E-state index is 10.5. The highest BCUT2D eigenvalue weighted by atomic mass is 16.5. The first kappa shape index (κ1) is 16.6. The number of carboxylic acid groups (broad SMARTS) is 1. The molecule has 11 heteroatoms. The number of fused-ring (bicyclic) bond motifs is 1. The Kier molecular flexibility index (Phi) is 4.16. The number of nitrogens with one attached hydrogen (secondary N) is 2. The Hall–Kier alpha value is -3.89. The van der Waals surface area contributed by atoms with Gasteiger partial charge in [0.05, 0.1) is 6.67 Å². The standard InChI is InChI=1S/C16H16N8O3/c17-13-12-16(23-15(22-13)14-18-3-4-19-14)24(8-21-12)6-9-1-2-10(20-5-9)27-7-11(25)26/h1-5,21H,6-8H2,(H,18,19)(H,25,26)(H2,17,22,23). The molecular weight excluding hydrogens is 352 g/mol. The van der Waals surface area contributed by atoms with Crippen molar-refractivity contribution < 1.29 is 14.6 Å². The lowest BCUT2D eigenvalue weighted by Gasteiger charge is -2.17. The summed E-state index contributed by atoms with van der Waals surface area (Å²) >= 11 is 0. The summed E-state index contributed by atoms with van der Waals surface area (Å²) in [5.41, 5.74) is 7.64. The lowest BCUT2D eigenvalue weighted by Crippen LogP contribution is -2.23. The van der Waals surface area contributed by atoms with E-state index in [4.69, 9.17) is 15.6 Å². The SMILES string of the molecule is Nc1nc(-c2ncc[nH]2)nc2c1NCN2Cc1ccc(OCC(=O)O)nc1. The fraction of sp³-hybridized carbons (Fsp3) is 0.188. The van der Waals surface area contributed by atoms with Crippen LogP contribution in [0.25, 0.3) is 11.6 Å². The van der Waals surface area contributed by atoms with Gasteiger partial charge in [0.2, 0.25) is 5.88 Å². The molecule has 27 heavy (non-hydrogen) atoms. The summed E-state index contributed by atoms with van der Waals surface area (Å²) in [5.74, 6) is 1.20. The number of anilines is 3. The lowest BCUT2D eigenvalue weighted by molar-refractivity contribution is -0.139. The number of hydrogen-bond acceptors (Lipinski definition) is 9. The summed E-state index contributed by atoms with van der Waals surface area (Å²) < 4.78 is 5.04. The molecule has 11 nitrogen and oxygen atoms in total. The van der Waals surface area contributed by atoms with Crippen LogP contribution in [0, 0.1) is 0 Å². The van der Waals surface area contributed by atoms with Crippen LogP contribution in [0.2, 0.25) is 0 Å². The van der Waals surface area contributed by atoms with Crippen molar-refractivity contribution in [3.05, 3.63) is 36.3 Å². The van der Waals surface area contributed by atoms with Crippen LogP contribution in [0.1, 0.15) is 5.56 Å². The number of H-pyrrole nitrogens is 1. The van der Waals surface area contributed by atoms with E-state index in [0.717, 1.165) is 5.56 Å². The number of aromatic nitrogens is 5. The van der Waals surface area contributed by atoms with E-state index in [1.54, 1.807) is 24.7 Å². The van der Waals surface area contributed by atoms with Crippen molar-refractivity contribution in [2.45, 2.75) is 6.54 Å². The van der Waals surface area contributed by atoms with Gasteiger partial charge in [0, 0.05) is 31.2 Å². The van der Waals surface area contributed by atoms with E-state index in [0.29, 0.717) is 42.2 Å². The normalized spacial score (nSPS) is 12.5. The monoisotopic (exact) mass is 368 g/mol. The van der Waals surface area contributed by atoms with Crippen LogP contribution in [0.15, 0.2) is 30.7 Å². The number of pyridine rings is 1. The molecule has 0 saturated carbocycles. The smallest absolute Gasteiger partial charge is 0.341 e. The topological polar surface area (TPSA) is 155 Å². The Morgan fingerprint density at radius 3 is 2.93 bits per heavy atom. The number of carboxylic acids is 1. The first-order valence-electron chi connectivity index (χ1n) is 8.06. The molecule has 0 radical (unpaired) electrons. The summed E-state index contributed by atoms with van der Waals surface area (Å²) in [4.78, 5) is 32.6. The molecule has 1 aliphatic rings. The number of nitrogens with zero attached hydrogens (tertiary/aromatic N) is 5. The molecule has 0 saturated heterocycles. The average Bonchev–Trinajstić information content (AvgIpc) is 3.32. The van der Waals surface area contributed by atoms with Gasteiger partial charge in [-0.15, -0.1) is 0 Å².